The summed E-state index contributed by atoms with van der Waals surface area (Å²) in [6.45, 7) is 5.52. The van der Waals surface area contributed by atoms with Gasteiger partial charge in [0.25, 0.3) is 0 Å². The van der Waals surface area contributed by atoms with Crippen molar-refractivity contribution in [2.24, 2.45) is 0 Å². The lowest BCUT2D eigenvalue weighted by atomic mass is 9.63. The van der Waals surface area contributed by atoms with Gasteiger partial charge in [0.1, 0.15) is 23.1 Å². The van der Waals surface area contributed by atoms with E-state index in [4.69, 9.17) is 25.3 Å². The van der Waals surface area contributed by atoms with Crippen LogP contribution in [0.1, 0.15) is 92.2 Å². The van der Waals surface area contributed by atoms with Crippen LogP contribution in [-0.2, 0) is 18.3 Å². The molecule has 1 spiro atoms. The van der Waals surface area contributed by atoms with E-state index in [-0.39, 0.29) is 12.1 Å². The van der Waals surface area contributed by atoms with Crippen molar-refractivity contribution in [1.82, 2.24) is 29.8 Å². The second-order valence-electron chi connectivity index (χ2n) is 14.2. The molecule has 3 N–H and O–H groups in total. The van der Waals surface area contributed by atoms with E-state index in [1.807, 2.05) is 18.7 Å². The number of nitriles is 1. The van der Waals surface area contributed by atoms with E-state index in [2.05, 4.69) is 27.9 Å². The highest BCUT2D eigenvalue weighted by Crippen LogP contribution is 2.55. The quantitative estimate of drug-likeness (QED) is 0.314. The molecule has 4 aliphatic rings. The van der Waals surface area contributed by atoms with Gasteiger partial charge in [-0.25, -0.2) is 19.0 Å². The van der Waals surface area contributed by atoms with Crippen molar-refractivity contribution in [3.8, 4) is 17.6 Å². The van der Waals surface area contributed by atoms with E-state index in [1.165, 1.54) is 16.2 Å². The zero-order valence-corrected chi connectivity index (χ0v) is 27.4. The first-order valence-corrected chi connectivity index (χ1v) is 17.3. The number of nitrogens with two attached hydrogens (primary N) is 1. The lowest BCUT2D eigenvalue weighted by Crippen LogP contribution is -2.46. The average Bonchev–Trinajstić information content (AvgIpc) is 3.80. The summed E-state index contributed by atoms with van der Waals surface area (Å²) in [6, 6.07) is 2.24. The van der Waals surface area contributed by atoms with Gasteiger partial charge in [0.15, 0.2) is 22.9 Å². The number of nitrogens with zero attached hydrogens (tertiary/aromatic N) is 8. The number of β-amino-alcohol motifs (C(OH)–C–C–N with tert-alkyl or cyclic N) is 1. The number of likely N-dealkylation sites (N-methyl/N-ethyl adjacent to an activating group) is 1. The van der Waals surface area contributed by atoms with E-state index >= 15 is 0 Å². The maximum atomic E-state index is 14.5. The zero-order chi connectivity index (χ0) is 32.0. The average molecular weight is 646 g/mol. The highest BCUT2D eigenvalue weighted by Gasteiger charge is 2.49. The molecule has 4 aromatic heterocycles. The largest absolute Gasteiger partial charge is 0.389 e. The van der Waals surface area contributed by atoms with Gasteiger partial charge in [-0.1, -0.05) is 5.16 Å². The minimum atomic E-state index is -0.870. The number of rotatable bonds is 4. The number of alkyl halides is 1. The lowest BCUT2D eigenvalue weighted by Gasteiger charge is -2.39. The Hall–Kier alpha value is -3.60. The molecule has 0 saturated carbocycles. The number of halogens is 1. The molecule has 4 aromatic rings. The Morgan fingerprint density at radius 2 is 2.02 bits per heavy atom. The van der Waals surface area contributed by atoms with Gasteiger partial charge in [0.2, 0.25) is 0 Å². The van der Waals surface area contributed by atoms with Crippen LogP contribution in [0.4, 0.5) is 15.2 Å². The third kappa shape index (κ3) is 4.47. The van der Waals surface area contributed by atoms with Gasteiger partial charge in [0.05, 0.1) is 34.2 Å². The van der Waals surface area contributed by atoms with Crippen LogP contribution in [0.5, 0.6) is 0 Å². The molecule has 0 amide bonds. The Morgan fingerprint density at radius 3 is 2.76 bits per heavy atom. The van der Waals surface area contributed by atoms with Crippen LogP contribution in [0.3, 0.4) is 0 Å². The summed E-state index contributed by atoms with van der Waals surface area (Å²) in [4.78, 5) is 15.6. The second kappa shape index (κ2) is 10.7. The highest BCUT2D eigenvalue weighted by atomic mass is 32.1. The van der Waals surface area contributed by atoms with E-state index in [0.29, 0.717) is 53.1 Å². The third-order valence-electron chi connectivity index (χ3n) is 11.0. The first-order chi connectivity index (χ1) is 22.1. The predicted octanol–water partition coefficient (Wildman–Crippen LogP) is 4.91. The molecule has 242 valence electrons. The minimum Gasteiger partial charge on any atom is -0.389 e. The molecule has 0 bridgehead atoms. The van der Waals surface area contributed by atoms with Crippen molar-refractivity contribution in [2.75, 3.05) is 37.3 Å². The molecule has 5 atom stereocenters. The number of thiophene rings is 1. The van der Waals surface area contributed by atoms with Crippen molar-refractivity contribution < 1.29 is 14.0 Å². The van der Waals surface area contributed by atoms with Gasteiger partial charge in [-0.05, 0) is 84.2 Å². The Bertz CT molecular complexity index is 1870. The highest BCUT2D eigenvalue weighted by molar-refractivity contribution is 7.16. The first-order valence-electron chi connectivity index (χ1n) is 16.5. The van der Waals surface area contributed by atoms with Gasteiger partial charge in [-0.15, -0.1) is 11.3 Å². The summed E-state index contributed by atoms with van der Waals surface area (Å²) < 4.78 is 22.7. The summed E-state index contributed by atoms with van der Waals surface area (Å²) in [5, 5.41) is 32.0. The molecule has 3 unspecified atom stereocenters. The van der Waals surface area contributed by atoms with Crippen LogP contribution in [-0.4, -0.2) is 79.4 Å². The topological polar surface area (TPSA) is 146 Å². The molecule has 2 saturated heterocycles. The summed E-state index contributed by atoms with van der Waals surface area (Å²) in [6.07, 6.45) is 8.25. The molecule has 8 rings (SSSR count). The molecule has 46 heavy (non-hydrogen) atoms. The monoisotopic (exact) mass is 645 g/mol. The fourth-order valence-corrected chi connectivity index (χ4v) is 10.0. The second-order valence-corrected chi connectivity index (χ2v) is 15.3. The maximum absolute atomic E-state index is 14.5. The van der Waals surface area contributed by atoms with Gasteiger partial charge in [0, 0.05) is 36.1 Å². The number of nitrogen functional groups attached to an aromatic ring is 1. The van der Waals surface area contributed by atoms with Crippen molar-refractivity contribution in [2.45, 2.75) is 101 Å². The Morgan fingerprint density at radius 1 is 1.22 bits per heavy atom. The Kier molecular flexibility index (Phi) is 6.94. The number of hydrogen-bond donors (Lipinski definition) is 2. The van der Waals surface area contributed by atoms with Crippen LogP contribution < -0.4 is 10.6 Å². The van der Waals surface area contributed by atoms with Gasteiger partial charge >= 0.3 is 0 Å². The summed E-state index contributed by atoms with van der Waals surface area (Å²) in [7, 11) is 1.96. The number of hydrogen-bond acceptors (Lipinski definition) is 11. The SMILES string of the molecule is CC([C@@H]1CC(F)CN1C)n1ncc2c(N3CCCC(C)(O)C3)nc(-c3noc4c3CCC[C@@]43CCCc4sc(N)c(C#N)c43)nc21. The van der Waals surface area contributed by atoms with E-state index in [0.717, 1.165) is 80.2 Å². The van der Waals surface area contributed by atoms with Crippen molar-refractivity contribution in [3.63, 3.8) is 0 Å². The number of fused-ring (bicyclic) bond motifs is 5. The number of aliphatic hydroxyl groups is 1. The van der Waals surface area contributed by atoms with Crippen LogP contribution in [0, 0.1) is 11.3 Å². The number of aromatic nitrogens is 5. The molecule has 0 aromatic carbocycles. The van der Waals surface area contributed by atoms with Gasteiger partial charge in [-0.3, -0.25) is 4.90 Å². The fraction of sp³-hybridized carbons (Fsp3) is 0.606. The summed E-state index contributed by atoms with van der Waals surface area (Å²) in [5.41, 5.74) is 8.92. The van der Waals surface area contributed by atoms with Crippen molar-refractivity contribution in [3.05, 3.63) is 33.5 Å². The Labute approximate surface area is 271 Å². The summed E-state index contributed by atoms with van der Waals surface area (Å²) >= 11 is 1.53. The number of anilines is 2. The maximum Gasteiger partial charge on any atom is 0.186 e. The van der Waals surface area contributed by atoms with E-state index < -0.39 is 17.2 Å². The van der Waals surface area contributed by atoms with Crippen LogP contribution in [0.15, 0.2) is 10.7 Å². The van der Waals surface area contributed by atoms with Crippen molar-refractivity contribution in [1.29, 1.82) is 5.26 Å². The molecular formula is C33H40FN9O2S. The molecule has 2 aliphatic carbocycles. The molecule has 0 radical (unpaired) electrons. The molecule has 2 aliphatic heterocycles. The molecule has 2 fully saturated rings. The van der Waals surface area contributed by atoms with Crippen LogP contribution in [0.25, 0.3) is 22.6 Å². The smallest absolute Gasteiger partial charge is 0.186 e. The molecule has 13 heteroatoms. The predicted molar refractivity (Wildman–Crippen MR) is 174 cm³/mol. The van der Waals surface area contributed by atoms with Crippen molar-refractivity contribution >= 4 is 33.2 Å². The first kappa shape index (κ1) is 29.8. The summed E-state index contributed by atoms with van der Waals surface area (Å²) in [5.74, 6) is 1.97. The normalized spacial score (nSPS) is 28.8. The lowest BCUT2D eigenvalue weighted by molar-refractivity contribution is 0.0448. The van der Waals surface area contributed by atoms with Gasteiger partial charge in [-0.2, -0.15) is 10.4 Å². The van der Waals surface area contributed by atoms with Crippen LogP contribution in [0.2, 0.25) is 0 Å². The molecular weight excluding hydrogens is 605 g/mol. The number of aryl methyl sites for hydroxylation is 1. The van der Waals surface area contributed by atoms with Crippen LogP contribution >= 0.6 is 11.3 Å². The number of piperidine rings is 1. The third-order valence-corrected chi connectivity index (χ3v) is 12.0. The van der Waals surface area contributed by atoms with E-state index in [1.54, 1.807) is 6.20 Å². The zero-order valence-electron chi connectivity index (χ0n) is 26.6. The fourth-order valence-electron chi connectivity index (χ4n) is 8.87. The minimum absolute atomic E-state index is 0.0248. The standard InChI is InChI=1S/C33H40FN9O2S/c1-18(23-13-19(34)16-41(23)3)43-31-22(15-37-43)30(42-12-6-9-32(2,44)17-42)38-29(39-31)26-20-7-4-10-33(27(20)45-40-26)11-5-8-24-25(33)21(14-35)28(36)46-24/h15,18-19,23,44H,4-13,16-17,36H2,1-3H3/t18?,19?,23-,32?,33-/m0/s1. The number of likely N-dealkylation sites (tertiary alicyclic amines) is 1. The van der Waals surface area contributed by atoms with Gasteiger partial charge < -0.3 is 20.3 Å². The molecule has 6 heterocycles. The van der Waals surface area contributed by atoms with E-state index in [9.17, 15) is 14.8 Å². The molecule has 11 nitrogen and oxygen atoms in total. The Balaban J connectivity index is 1.29.